The number of benzene rings is 1. The molecule has 2 nitrogen and oxygen atoms in total. The summed E-state index contributed by atoms with van der Waals surface area (Å²) in [4.78, 5) is 0. The molecule has 1 aromatic rings. The van der Waals surface area contributed by atoms with Crippen molar-refractivity contribution < 1.29 is 4.74 Å². The van der Waals surface area contributed by atoms with Crippen LogP contribution in [0, 0.1) is 25.7 Å². The summed E-state index contributed by atoms with van der Waals surface area (Å²) in [6.07, 6.45) is 0. The fraction of sp³-hybridized carbons (Fsp3) is 0.625. The Balaban J connectivity index is 2.31. The van der Waals surface area contributed by atoms with Crippen molar-refractivity contribution in [2.24, 2.45) is 11.8 Å². The van der Waals surface area contributed by atoms with Gasteiger partial charge in [-0.3, -0.25) is 0 Å². The quantitative estimate of drug-likeness (QED) is 0.797. The van der Waals surface area contributed by atoms with Crippen molar-refractivity contribution in [3.8, 4) is 5.75 Å². The molecule has 0 aliphatic carbocycles. The van der Waals surface area contributed by atoms with E-state index >= 15 is 0 Å². The fourth-order valence-corrected chi connectivity index (χ4v) is 1.87. The lowest BCUT2D eigenvalue weighted by Crippen LogP contribution is -2.28. The molecule has 1 rings (SSSR count). The van der Waals surface area contributed by atoms with Gasteiger partial charge in [0.05, 0.1) is 6.61 Å². The van der Waals surface area contributed by atoms with Crippen LogP contribution in [0.15, 0.2) is 18.2 Å². The van der Waals surface area contributed by atoms with Gasteiger partial charge >= 0.3 is 0 Å². The lowest BCUT2D eigenvalue weighted by molar-refractivity contribution is 0.253. The van der Waals surface area contributed by atoms with E-state index < -0.39 is 0 Å². The molecule has 0 spiro atoms. The summed E-state index contributed by atoms with van der Waals surface area (Å²) >= 11 is 0. The predicted octanol–water partition coefficient (Wildman–Crippen LogP) is 3.56. The van der Waals surface area contributed by atoms with Crippen LogP contribution in [0.3, 0.4) is 0 Å². The summed E-state index contributed by atoms with van der Waals surface area (Å²) in [5.74, 6) is 2.25. The SMILES string of the molecule is Cc1ccc(OCC(C)CNCC(C)C)c(C)c1. The molecule has 0 bridgehead atoms. The topological polar surface area (TPSA) is 21.3 Å². The first-order valence-electron chi connectivity index (χ1n) is 6.89. The molecule has 0 fully saturated rings. The van der Waals surface area contributed by atoms with Crippen LogP contribution in [-0.2, 0) is 0 Å². The van der Waals surface area contributed by atoms with E-state index in [2.05, 4.69) is 58.1 Å². The summed E-state index contributed by atoms with van der Waals surface area (Å²) in [6, 6.07) is 6.33. The standard InChI is InChI=1S/C16H27NO/c1-12(2)9-17-10-14(4)11-18-16-7-6-13(3)8-15(16)5/h6-8,12,14,17H,9-11H2,1-5H3. The third kappa shape index (κ3) is 5.54. The summed E-state index contributed by atoms with van der Waals surface area (Å²) < 4.78 is 5.87. The maximum Gasteiger partial charge on any atom is 0.122 e. The third-order valence-electron chi connectivity index (χ3n) is 2.90. The molecule has 1 unspecified atom stereocenters. The molecule has 1 N–H and O–H groups in total. The normalized spacial score (nSPS) is 12.8. The van der Waals surface area contributed by atoms with Crippen molar-refractivity contribution in [1.82, 2.24) is 5.32 Å². The van der Waals surface area contributed by atoms with Crippen molar-refractivity contribution in [2.75, 3.05) is 19.7 Å². The van der Waals surface area contributed by atoms with Gasteiger partial charge < -0.3 is 10.1 Å². The van der Waals surface area contributed by atoms with Crippen LogP contribution in [0.25, 0.3) is 0 Å². The van der Waals surface area contributed by atoms with Gasteiger partial charge in [-0.25, -0.2) is 0 Å². The zero-order valence-corrected chi connectivity index (χ0v) is 12.4. The Morgan fingerprint density at radius 1 is 1.11 bits per heavy atom. The van der Waals surface area contributed by atoms with Gasteiger partial charge in [0.15, 0.2) is 0 Å². The molecule has 0 aliphatic rings. The first kappa shape index (κ1) is 15.0. The van der Waals surface area contributed by atoms with E-state index in [4.69, 9.17) is 4.74 Å². The molecule has 0 amide bonds. The molecular formula is C16H27NO. The molecule has 0 aliphatic heterocycles. The van der Waals surface area contributed by atoms with Gasteiger partial charge in [-0.1, -0.05) is 38.5 Å². The van der Waals surface area contributed by atoms with E-state index in [1.807, 2.05) is 0 Å². The lowest BCUT2D eigenvalue weighted by Gasteiger charge is -2.16. The van der Waals surface area contributed by atoms with E-state index in [9.17, 15) is 0 Å². The smallest absolute Gasteiger partial charge is 0.122 e. The molecule has 1 atom stereocenters. The summed E-state index contributed by atoms with van der Waals surface area (Å²) in [7, 11) is 0. The number of hydrogen-bond acceptors (Lipinski definition) is 2. The van der Waals surface area contributed by atoms with Crippen LogP contribution in [-0.4, -0.2) is 19.7 Å². The molecule has 0 heterocycles. The minimum Gasteiger partial charge on any atom is -0.493 e. The van der Waals surface area contributed by atoms with Crippen LogP contribution in [0.4, 0.5) is 0 Å². The van der Waals surface area contributed by atoms with E-state index in [1.165, 1.54) is 11.1 Å². The van der Waals surface area contributed by atoms with Crippen LogP contribution >= 0.6 is 0 Å². The summed E-state index contributed by atoms with van der Waals surface area (Å²) in [5, 5.41) is 3.46. The molecule has 18 heavy (non-hydrogen) atoms. The minimum absolute atomic E-state index is 0.532. The van der Waals surface area contributed by atoms with Gasteiger partial charge in [0.1, 0.15) is 5.75 Å². The Bertz CT molecular complexity index is 360. The highest BCUT2D eigenvalue weighted by atomic mass is 16.5. The van der Waals surface area contributed by atoms with E-state index in [0.29, 0.717) is 11.8 Å². The summed E-state index contributed by atoms with van der Waals surface area (Å²) in [6.45, 7) is 13.7. The number of hydrogen-bond donors (Lipinski definition) is 1. The van der Waals surface area contributed by atoms with E-state index in [0.717, 1.165) is 25.4 Å². The van der Waals surface area contributed by atoms with Gasteiger partial charge in [-0.15, -0.1) is 0 Å². The molecule has 0 radical (unpaired) electrons. The third-order valence-corrected chi connectivity index (χ3v) is 2.90. The van der Waals surface area contributed by atoms with E-state index in [1.54, 1.807) is 0 Å². The number of ether oxygens (including phenoxy) is 1. The Hall–Kier alpha value is -1.02. The first-order chi connectivity index (χ1) is 8.49. The molecular weight excluding hydrogens is 222 g/mol. The van der Waals surface area contributed by atoms with Crippen molar-refractivity contribution >= 4 is 0 Å². The van der Waals surface area contributed by atoms with Gasteiger partial charge in [0.2, 0.25) is 0 Å². The second-order valence-corrected chi connectivity index (χ2v) is 5.74. The van der Waals surface area contributed by atoms with Gasteiger partial charge in [-0.05, 0) is 37.9 Å². The lowest BCUT2D eigenvalue weighted by atomic mass is 10.1. The van der Waals surface area contributed by atoms with Crippen LogP contribution in [0.5, 0.6) is 5.75 Å². The van der Waals surface area contributed by atoms with Gasteiger partial charge in [0.25, 0.3) is 0 Å². The Kier molecular flexibility index (Phi) is 6.20. The maximum absolute atomic E-state index is 5.87. The van der Waals surface area contributed by atoms with E-state index in [-0.39, 0.29) is 0 Å². The zero-order chi connectivity index (χ0) is 13.5. The van der Waals surface area contributed by atoms with Crippen molar-refractivity contribution in [3.05, 3.63) is 29.3 Å². The van der Waals surface area contributed by atoms with Crippen molar-refractivity contribution in [2.45, 2.75) is 34.6 Å². The van der Waals surface area contributed by atoms with Crippen LogP contribution in [0.2, 0.25) is 0 Å². The highest BCUT2D eigenvalue weighted by molar-refractivity contribution is 5.35. The second-order valence-electron chi connectivity index (χ2n) is 5.74. The highest BCUT2D eigenvalue weighted by Gasteiger charge is 2.05. The monoisotopic (exact) mass is 249 g/mol. The predicted molar refractivity (Wildman–Crippen MR) is 78.3 cm³/mol. The maximum atomic E-state index is 5.87. The highest BCUT2D eigenvalue weighted by Crippen LogP contribution is 2.19. The minimum atomic E-state index is 0.532. The number of rotatable bonds is 7. The zero-order valence-electron chi connectivity index (χ0n) is 12.4. The Labute approximate surface area is 112 Å². The van der Waals surface area contributed by atoms with Gasteiger partial charge in [0, 0.05) is 12.5 Å². The fourth-order valence-electron chi connectivity index (χ4n) is 1.87. The molecule has 0 saturated heterocycles. The first-order valence-corrected chi connectivity index (χ1v) is 6.89. The number of nitrogens with one attached hydrogen (secondary N) is 1. The summed E-state index contributed by atoms with van der Waals surface area (Å²) in [5.41, 5.74) is 2.50. The molecule has 0 aromatic heterocycles. The average molecular weight is 249 g/mol. The van der Waals surface area contributed by atoms with Crippen molar-refractivity contribution in [3.63, 3.8) is 0 Å². The Morgan fingerprint density at radius 3 is 2.44 bits per heavy atom. The Morgan fingerprint density at radius 2 is 1.83 bits per heavy atom. The average Bonchev–Trinajstić information content (AvgIpc) is 2.27. The van der Waals surface area contributed by atoms with Crippen LogP contribution in [0.1, 0.15) is 31.9 Å². The van der Waals surface area contributed by atoms with Crippen molar-refractivity contribution in [1.29, 1.82) is 0 Å². The molecule has 1 aromatic carbocycles. The largest absolute Gasteiger partial charge is 0.493 e. The van der Waals surface area contributed by atoms with Gasteiger partial charge in [-0.2, -0.15) is 0 Å². The molecule has 0 saturated carbocycles. The second kappa shape index (κ2) is 7.42. The molecule has 102 valence electrons. The number of aryl methyl sites for hydroxylation is 2. The van der Waals surface area contributed by atoms with Crippen LogP contribution < -0.4 is 10.1 Å². The molecule has 2 heteroatoms.